The average molecular weight is 347 g/mol. The van der Waals surface area contributed by atoms with Crippen LogP contribution in [0.4, 0.5) is 5.69 Å². The van der Waals surface area contributed by atoms with Crippen LogP contribution in [0.2, 0.25) is 0 Å². The lowest BCUT2D eigenvalue weighted by molar-refractivity contribution is 0.400. The monoisotopic (exact) mass is 346 g/mol. The Bertz CT molecular complexity index is 644. The Balaban J connectivity index is 2.03. The first-order valence-electron chi connectivity index (χ1n) is 7.15. The van der Waals surface area contributed by atoms with Crippen molar-refractivity contribution in [2.45, 2.75) is 31.2 Å². The van der Waals surface area contributed by atoms with Gasteiger partial charge in [-0.25, -0.2) is 0 Å². The van der Waals surface area contributed by atoms with E-state index in [0.717, 1.165) is 40.7 Å². The van der Waals surface area contributed by atoms with Crippen LogP contribution >= 0.6 is 15.9 Å². The first-order chi connectivity index (χ1) is 10.2. The Morgan fingerprint density at radius 1 is 1.33 bits per heavy atom. The summed E-state index contributed by atoms with van der Waals surface area (Å²) >= 11 is 3.51. The second-order valence-corrected chi connectivity index (χ2v) is 6.38. The highest BCUT2D eigenvalue weighted by atomic mass is 79.9. The Morgan fingerprint density at radius 2 is 2.19 bits per heavy atom. The van der Waals surface area contributed by atoms with E-state index in [9.17, 15) is 0 Å². The standard InChI is InChI=1S/C16H19BrN4/c17-11-6-7-14(18)13(9-11)16(21-19)12-5-1-3-10-4-2-8-20-15(10)12/h2,4,6-9,12,16,21H,1,3,5,18-19H2. The molecule has 2 atom stereocenters. The largest absolute Gasteiger partial charge is 0.398 e. The first-order valence-corrected chi connectivity index (χ1v) is 7.95. The minimum atomic E-state index is -0.0311. The van der Waals surface area contributed by atoms with Gasteiger partial charge in [-0.05, 0) is 54.7 Å². The summed E-state index contributed by atoms with van der Waals surface area (Å²) in [6, 6.07) is 10.0. The third-order valence-electron chi connectivity index (χ3n) is 4.20. The van der Waals surface area contributed by atoms with E-state index in [4.69, 9.17) is 11.6 Å². The fourth-order valence-electron chi connectivity index (χ4n) is 3.21. The summed E-state index contributed by atoms with van der Waals surface area (Å²) in [6.45, 7) is 0. The summed E-state index contributed by atoms with van der Waals surface area (Å²) in [5.41, 5.74) is 13.4. The highest BCUT2D eigenvalue weighted by Gasteiger charge is 2.30. The summed E-state index contributed by atoms with van der Waals surface area (Å²) in [7, 11) is 0. The lowest BCUT2D eigenvalue weighted by Gasteiger charge is -2.32. The fraction of sp³-hybridized carbons (Fsp3) is 0.312. The lowest BCUT2D eigenvalue weighted by Crippen LogP contribution is -2.35. The molecule has 0 saturated carbocycles. The second-order valence-electron chi connectivity index (χ2n) is 5.46. The summed E-state index contributed by atoms with van der Waals surface area (Å²) < 4.78 is 1.00. The maximum absolute atomic E-state index is 6.16. The topological polar surface area (TPSA) is 77.0 Å². The van der Waals surface area contributed by atoms with Crippen LogP contribution in [-0.2, 0) is 6.42 Å². The number of nitrogens with one attached hydrogen (secondary N) is 1. The van der Waals surface area contributed by atoms with Gasteiger partial charge in [0, 0.05) is 28.0 Å². The minimum absolute atomic E-state index is 0.0311. The summed E-state index contributed by atoms with van der Waals surface area (Å²) in [5.74, 6) is 6.11. The number of hydrazine groups is 1. The van der Waals surface area contributed by atoms with Crippen LogP contribution in [0.5, 0.6) is 0 Å². The van der Waals surface area contributed by atoms with Gasteiger partial charge in [0.15, 0.2) is 0 Å². The molecule has 0 bridgehead atoms. The van der Waals surface area contributed by atoms with Gasteiger partial charge >= 0.3 is 0 Å². The van der Waals surface area contributed by atoms with Gasteiger partial charge in [0.25, 0.3) is 0 Å². The molecule has 4 nitrogen and oxygen atoms in total. The molecular weight excluding hydrogens is 328 g/mol. The van der Waals surface area contributed by atoms with Crippen molar-refractivity contribution in [1.29, 1.82) is 0 Å². The predicted octanol–water partition coefficient (Wildman–Crippen LogP) is 3.05. The van der Waals surface area contributed by atoms with Crippen LogP contribution < -0.4 is 17.0 Å². The maximum Gasteiger partial charge on any atom is 0.0564 e. The van der Waals surface area contributed by atoms with Gasteiger partial charge in [-0.1, -0.05) is 22.0 Å². The van der Waals surface area contributed by atoms with E-state index >= 15 is 0 Å². The molecule has 2 aromatic rings. The number of hydrogen-bond acceptors (Lipinski definition) is 4. The molecule has 2 unspecified atom stereocenters. The van der Waals surface area contributed by atoms with Gasteiger partial charge in [0.05, 0.1) is 6.04 Å². The number of rotatable bonds is 3. The molecule has 1 aliphatic carbocycles. The number of anilines is 1. The van der Waals surface area contributed by atoms with Crippen molar-refractivity contribution in [3.8, 4) is 0 Å². The molecule has 0 aliphatic heterocycles. The van der Waals surface area contributed by atoms with E-state index in [2.05, 4.69) is 32.4 Å². The van der Waals surface area contributed by atoms with E-state index in [1.54, 1.807) is 0 Å². The van der Waals surface area contributed by atoms with Crippen LogP contribution in [0.1, 0.15) is 41.6 Å². The number of halogens is 1. The zero-order valence-electron chi connectivity index (χ0n) is 11.7. The molecule has 5 heteroatoms. The van der Waals surface area contributed by atoms with Crippen molar-refractivity contribution >= 4 is 21.6 Å². The van der Waals surface area contributed by atoms with E-state index in [1.165, 1.54) is 5.56 Å². The Kier molecular flexibility index (Phi) is 4.24. The number of aromatic nitrogens is 1. The van der Waals surface area contributed by atoms with Crippen molar-refractivity contribution in [2.24, 2.45) is 5.84 Å². The van der Waals surface area contributed by atoms with Crippen molar-refractivity contribution in [2.75, 3.05) is 5.73 Å². The average Bonchev–Trinajstić information content (AvgIpc) is 2.51. The number of pyridine rings is 1. The second kappa shape index (κ2) is 6.13. The molecule has 0 amide bonds. The SMILES string of the molecule is NNC(c1cc(Br)ccc1N)C1CCCc2cccnc21. The quantitative estimate of drug-likeness (QED) is 0.453. The van der Waals surface area contributed by atoms with Gasteiger partial charge < -0.3 is 5.73 Å². The molecular formula is C16H19BrN4. The molecule has 0 fully saturated rings. The number of nitrogens with zero attached hydrogens (tertiary/aromatic N) is 1. The van der Waals surface area contributed by atoms with Gasteiger partial charge in [0.2, 0.25) is 0 Å². The van der Waals surface area contributed by atoms with E-state index in [0.29, 0.717) is 0 Å². The van der Waals surface area contributed by atoms with Gasteiger partial charge in [-0.15, -0.1) is 0 Å². The number of nitrogens with two attached hydrogens (primary N) is 2. The molecule has 21 heavy (non-hydrogen) atoms. The molecule has 0 spiro atoms. The predicted molar refractivity (Wildman–Crippen MR) is 88.5 cm³/mol. The Hall–Kier alpha value is -1.43. The zero-order valence-corrected chi connectivity index (χ0v) is 13.3. The van der Waals surface area contributed by atoms with Crippen molar-refractivity contribution in [1.82, 2.24) is 10.4 Å². The van der Waals surface area contributed by atoms with Crippen molar-refractivity contribution in [3.05, 3.63) is 57.8 Å². The van der Waals surface area contributed by atoms with Gasteiger partial charge in [0.1, 0.15) is 0 Å². The third kappa shape index (κ3) is 2.81. The number of nitrogen functional groups attached to an aromatic ring is 1. The van der Waals surface area contributed by atoms with E-state index in [-0.39, 0.29) is 12.0 Å². The minimum Gasteiger partial charge on any atom is -0.398 e. The van der Waals surface area contributed by atoms with Crippen molar-refractivity contribution < 1.29 is 0 Å². The highest BCUT2D eigenvalue weighted by Crippen LogP contribution is 2.40. The number of benzene rings is 1. The van der Waals surface area contributed by atoms with Crippen molar-refractivity contribution in [3.63, 3.8) is 0 Å². The van der Waals surface area contributed by atoms with Gasteiger partial charge in [-0.2, -0.15) is 0 Å². The lowest BCUT2D eigenvalue weighted by atomic mass is 9.79. The van der Waals surface area contributed by atoms with Crippen LogP contribution in [0.3, 0.4) is 0 Å². The van der Waals surface area contributed by atoms with Crippen LogP contribution in [0, 0.1) is 0 Å². The molecule has 1 aromatic carbocycles. The van der Waals surface area contributed by atoms with E-state index < -0.39 is 0 Å². The zero-order chi connectivity index (χ0) is 14.8. The molecule has 0 saturated heterocycles. The number of hydrogen-bond donors (Lipinski definition) is 3. The first kappa shape index (κ1) is 14.5. The molecule has 1 aromatic heterocycles. The molecule has 1 aliphatic rings. The third-order valence-corrected chi connectivity index (χ3v) is 4.70. The highest BCUT2D eigenvalue weighted by molar-refractivity contribution is 9.10. The van der Waals surface area contributed by atoms with E-state index in [1.807, 2.05) is 30.5 Å². The summed E-state index contributed by atoms with van der Waals surface area (Å²) in [4.78, 5) is 4.60. The van der Waals surface area contributed by atoms with Crippen LogP contribution in [0.15, 0.2) is 41.0 Å². The number of fused-ring (bicyclic) bond motifs is 1. The summed E-state index contributed by atoms with van der Waals surface area (Å²) in [6.07, 6.45) is 5.15. The Morgan fingerprint density at radius 3 is 3.00 bits per heavy atom. The smallest absolute Gasteiger partial charge is 0.0564 e. The molecule has 0 radical (unpaired) electrons. The maximum atomic E-state index is 6.16. The Labute approximate surface area is 133 Å². The summed E-state index contributed by atoms with van der Waals surface area (Å²) in [5, 5.41) is 0. The molecule has 110 valence electrons. The number of aryl methyl sites for hydroxylation is 1. The molecule has 5 N–H and O–H groups in total. The van der Waals surface area contributed by atoms with Gasteiger partial charge in [-0.3, -0.25) is 16.3 Å². The normalized spacial score (nSPS) is 19.0. The molecule has 3 rings (SSSR count). The van der Waals surface area contributed by atoms with Crippen LogP contribution in [0.25, 0.3) is 0 Å². The van der Waals surface area contributed by atoms with Crippen LogP contribution in [-0.4, -0.2) is 4.98 Å². The fourth-order valence-corrected chi connectivity index (χ4v) is 3.59. The molecule has 1 heterocycles.